The molecule has 0 fully saturated rings. The van der Waals surface area contributed by atoms with Crippen LogP contribution in [-0.4, -0.2) is 24.5 Å². The Morgan fingerprint density at radius 1 is 1.32 bits per heavy atom. The lowest BCUT2D eigenvalue weighted by molar-refractivity contribution is 0.643. The van der Waals surface area contributed by atoms with Gasteiger partial charge in [0.25, 0.3) is 0 Å². The highest BCUT2D eigenvalue weighted by atomic mass is 79.9. The molecule has 0 bridgehead atoms. The average Bonchev–Trinajstić information content (AvgIpc) is 3.00. The van der Waals surface area contributed by atoms with Gasteiger partial charge in [-0.2, -0.15) is 10.2 Å². The molecule has 0 amide bonds. The first-order chi connectivity index (χ1) is 9.24. The molecule has 0 unspecified atom stereocenters. The van der Waals surface area contributed by atoms with Gasteiger partial charge in [0, 0.05) is 16.9 Å². The van der Waals surface area contributed by atoms with Crippen molar-refractivity contribution >= 4 is 15.9 Å². The molecule has 1 N–H and O–H groups in total. The molecule has 0 saturated heterocycles. The number of hydrogen-bond acceptors (Lipinski definition) is 3. The zero-order valence-electron chi connectivity index (χ0n) is 9.82. The third-order valence-electron chi connectivity index (χ3n) is 2.67. The normalized spacial score (nSPS) is 10.8. The maximum atomic E-state index is 11.9. The second-order valence-electron chi connectivity index (χ2n) is 3.96. The lowest BCUT2D eigenvalue weighted by atomic mass is 10.3. The summed E-state index contributed by atoms with van der Waals surface area (Å²) in [4.78, 5) is 11.9. The Hall–Kier alpha value is -2.15. The first-order valence-corrected chi connectivity index (χ1v) is 6.43. The summed E-state index contributed by atoms with van der Waals surface area (Å²) in [6.07, 6.45) is 3.51. The van der Waals surface area contributed by atoms with Gasteiger partial charge in [-0.1, -0.05) is 22.0 Å². The molecule has 6 nitrogen and oxygen atoms in total. The third kappa shape index (κ3) is 2.37. The Morgan fingerprint density at radius 2 is 2.21 bits per heavy atom. The van der Waals surface area contributed by atoms with Crippen molar-refractivity contribution in [1.82, 2.24) is 24.5 Å². The van der Waals surface area contributed by atoms with Gasteiger partial charge >= 0.3 is 5.69 Å². The minimum atomic E-state index is -0.264. The number of rotatable bonds is 3. The van der Waals surface area contributed by atoms with Crippen molar-refractivity contribution in [2.24, 2.45) is 0 Å². The highest BCUT2D eigenvalue weighted by molar-refractivity contribution is 9.10. The van der Waals surface area contributed by atoms with Crippen LogP contribution in [0.5, 0.6) is 0 Å². The molecule has 0 atom stereocenters. The van der Waals surface area contributed by atoms with Crippen molar-refractivity contribution in [3.8, 4) is 5.69 Å². The molecule has 3 rings (SSSR count). The van der Waals surface area contributed by atoms with E-state index in [1.807, 2.05) is 36.5 Å². The molecule has 3 aromatic rings. The predicted octanol–water partition coefficient (Wildman–Crippen LogP) is 1.57. The molecular weight excluding hydrogens is 310 g/mol. The topological polar surface area (TPSA) is 68.5 Å². The molecule has 0 aliphatic rings. The lowest BCUT2D eigenvalue weighted by Crippen LogP contribution is -2.18. The maximum Gasteiger partial charge on any atom is 0.347 e. The van der Waals surface area contributed by atoms with Crippen LogP contribution >= 0.6 is 15.9 Å². The fourth-order valence-corrected chi connectivity index (χ4v) is 2.24. The molecule has 0 aliphatic heterocycles. The van der Waals surface area contributed by atoms with Crippen LogP contribution in [0.4, 0.5) is 0 Å². The Labute approximate surface area is 116 Å². The number of nitrogens with zero attached hydrogens (tertiary/aromatic N) is 4. The molecule has 1 aromatic carbocycles. The molecule has 2 heterocycles. The quantitative estimate of drug-likeness (QED) is 0.796. The lowest BCUT2D eigenvalue weighted by Gasteiger charge is -2.06. The number of halogens is 1. The molecule has 96 valence electrons. The van der Waals surface area contributed by atoms with Gasteiger partial charge in [0.1, 0.15) is 6.54 Å². The van der Waals surface area contributed by atoms with E-state index in [2.05, 4.69) is 31.2 Å². The number of H-pyrrole nitrogens is 1. The van der Waals surface area contributed by atoms with E-state index in [1.165, 1.54) is 4.57 Å². The van der Waals surface area contributed by atoms with Crippen LogP contribution in [0.15, 0.2) is 52.0 Å². The Morgan fingerprint density at radius 3 is 2.95 bits per heavy atom. The Kier molecular flexibility index (Phi) is 3.04. The molecule has 2 aromatic heterocycles. The molecule has 19 heavy (non-hydrogen) atoms. The fraction of sp³-hybridized carbons (Fsp3) is 0.0833. The van der Waals surface area contributed by atoms with E-state index < -0.39 is 0 Å². The van der Waals surface area contributed by atoms with E-state index in [-0.39, 0.29) is 5.69 Å². The van der Waals surface area contributed by atoms with Crippen molar-refractivity contribution in [3.05, 3.63) is 63.5 Å². The van der Waals surface area contributed by atoms with Crippen molar-refractivity contribution in [1.29, 1.82) is 0 Å². The fourth-order valence-electron chi connectivity index (χ4n) is 1.86. The standard InChI is InChI=1S/C12H10BrN5O/c13-9-3-1-4-10(7-9)18-11(15-16-12(18)19)8-17-6-2-5-14-17/h1-7H,8H2,(H,16,19). The smallest absolute Gasteiger partial charge is 0.265 e. The Bertz CT molecular complexity index is 744. The summed E-state index contributed by atoms with van der Waals surface area (Å²) < 4.78 is 4.15. The van der Waals surface area contributed by atoms with E-state index in [4.69, 9.17) is 0 Å². The van der Waals surface area contributed by atoms with Crippen LogP contribution in [-0.2, 0) is 6.54 Å². The maximum absolute atomic E-state index is 11.9. The Balaban J connectivity index is 2.06. The van der Waals surface area contributed by atoms with Gasteiger partial charge < -0.3 is 0 Å². The van der Waals surface area contributed by atoms with E-state index >= 15 is 0 Å². The summed E-state index contributed by atoms with van der Waals surface area (Å²) in [6, 6.07) is 9.32. The molecule has 7 heteroatoms. The summed E-state index contributed by atoms with van der Waals surface area (Å²) in [5.74, 6) is 0.604. The summed E-state index contributed by atoms with van der Waals surface area (Å²) in [5.41, 5.74) is 0.496. The van der Waals surface area contributed by atoms with Crippen molar-refractivity contribution in [3.63, 3.8) is 0 Å². The SMILES string of the molecule is O=c1[nH]nc(Cn2cccn2)n1-c1cccc(Br)c1. The van der Waals surface area contributed by atoms with Gasteiger partial charge in [0.2, 0.25) is 0 Å². The van der Waals surface area contributed by atoms with E-state index in [9.17, 15) is 4.79 Å². The van der Waals surface area contributed by atoms with Gasteiger partial charge in [0.15, 0.2) is 5.82 Å². The number of aromatic amines is 1. The first-order valence-electron chi connectivity index (χ1n) is 5.64. The second kappa shape index (κ2) is 4.85. The average molecular weight is 320 g/mol. The summed E-state index contributed by atoms with van der Waals surface area (Å²) >= 11 is 3.39. The van der Waals surface area contributed by atoms with Gasteiger partial charge in [-0.05, 0) is 24.3 Å². The number of nitrogens with one attached hydrogen (secondary N) is 1. The summed E-state index contributed by atoms with van der Waals surface area (Å²) in [5, 5.41) is 10.6. The van der Waals surface area contributed by atoms with E-state index in [0.29, 0.717) is 12.4 Å². The summed E-state index contributed by atoms with van der Waals surface area (Å²) in [7, 11) is 0. The third-order valence-corrected chi connectivity index (χ3v) is 3.16. The molecular formula is C12H10BrN5O. The monoisotopic (exact) mass is 319 g/mol. The second-order valence-corrected chi connectivity index (χ2v) is 4.88. The van der Waals surface area contributed by atoms with Crippen LogP contribution < -0.4 is 5.69 Å². The highest BCUT2D eigenvalue weighted by Gasteiger charge is 2.11. The number of aromatic nitrogens is 5. The predicted molar refractivity (Wildman–Crippen MR) is 73.2 cm³/mol. The van der Waals surface area contributed by atoms with Crippen LogP contribution in [0.25, 0.3) is 5.69 Å². The van der Waals surface area contributed by atoms with Gasteiger partial charge in [-0.25, -0.2) is 14.5 Å². The minimum Gasteiger partial charge on any atom is -0.265 e. The zero-order valence-corrected chi connectivity index (χ0v) is 11.4. The van der Waals surface area contributed by atoms with Gasteiger partial charge in [-0.15, -0.1) is 0 Å². The highest BCUT2D eigenvalue weighted by Crippen LogP contribution is 2.15. The molecule has 0 spiro atoms. The minimum absolute atomic E-state index is 0.264. The van der Waals surface area contributed by atoms with Crippen molar-refractivity contribution in [2.45, 2.75) is 6.54 Å². The number of hydrogen-bond donors (Lipinski definition) is 1. The largest absolute Gasteiger partial charge is 0.347 e. The molecule has 0 radical (unpaired) electrons. The van der Waals surface area contributed by atoms with Crippen LogP contribution in [0.3, 0.4) is 0 Å². The van der Waals surface area contributed by atoms with Crippen molar-refractivity contribution in [2.75, 3.05) is 0 Å². The van der Waals surface area contributed by atoms with Crippen LogP contribution in [0.2, 0.25) is 0 Å². The van der Waals surface area contributed by atoms with Crippen molar-refractivity contribution < 1.29 is 0 Å². The number of benzene rings is 1. The van der Waals surface area contributed by atoms with Gasteiger partial charge in [0.05, 0.1) is 5.69 Å². The molecule has 0 aliphatic carbocycles. The van der Waals surface area contributed by atoms with Crippen LogP contribution in [0.1, 0.15) is 5.82 Å². The van der Waals surface area contributed by atoms with Crippen LogP contribution in [0, 0.1) is 0 Å². The first kappa shape index (κ1) is 11.9. The summed E-state index contributed by atoms with van der Waals surface area (Å²) in [6.45, 7) is 0.429. The van der Waals surface area contributed by atoms with E-state index in [0.717, 1.165) is 10.2 Å². The van der Waals surface area contributed by atoms with E-state index in [1.54, 1.807) is 10.9 Å². The zero-order chi connectivity index (χ0) is 13.2. The molecule has 0 saturated carbocycles. The van der Waals surface area contributed by atoms with Gasteiger partial charge in [-0.3, -0.25) is 4.68 Å².